The van der Waals surface area contributed by atoms with E-state index in [0.717, 1.165) is 73.9 Å². The Hall–Kier alpha value is -3.50. The fourth-order valence-electron chi connectivity index (χ4n) is 8.30. The monoisotopic (exact) mass is 597 g/mol. The molecule has 0 radical (unpaired) electrons. The van der Waals surface area contributed by atoms with E-state index in [1.54, 1.807) is 10.8 Å². The van der Waals surface area contributed by atoms with E-state index in [0.29, 0.717) is 35.8 Å². The number of fused-ring (bicyclic) bond motifs is 4. The zero-order valence-corrected chi connectivity index (χ0v) is 25.9. The lowest BCUT2D eigenvalue weighted by Crippen LogP contribution is -2.60. The molecule has 0 amide bonds. The number of pyridine rings is 1. The number of Topliss-reactive ketones (excluding diaryl/α,β-unsaturated/α-hetero) is 1. The number of aromatic nitrogens is 3. The summed E-state index contributed by atoms with van der Waals surface area (Å²) in [4.78, 5) is 43.4. The number of nitrogens with zero attached hydrogens (tertiary/aromatic N) is 6. The average molecular weight is 598 g/mol. The van der Waals surface area contributed by atoms with Crippen LogP contribution in [-0.4, -0.2) is 87.6 Å². The fourth-order valence-corrected chi connectivity index (χ4v) is 8.30. The van der Waals surface area contributed by atoms with Crippen LogP contribution in [0.15, 0.2) is 29.2 Å². The Kier molecular flexibility index (Phi) is 7.09. The Balaban J connectivity index is 1.01. The van der Waals surface area contributed by atoms with Crippen molar-refractivity contribution in [2.45, 2.75) is 89.4 Å². The molecule has 1 aromatic carbocycles. The van der Waals surface area contributed by atoms with E-state index >= 15 is 0 Å². The number of rotatable bonds is 6. The van der Waals surface area contributed by atoms with Gasteiger partial charge in [0.25, 0.3) is 5.56 Å². The van der Waals surface area contributed by atoms with Crippen LogP contribution in [0.2, 0.25) is 0 Å². The lowest BCUT2D eigenvalue weighted by molar-refractivity contribution is 0.0768. The van der Waals surface area contributed by atoms with Crippen molar-refractivity contribution in [2.24, 2.45) is 0 Å². The first-order valence-electron chi connectivity index (χ1n) is 16.7. The average Bonchev–Trinajstić information content (AvgIpc) is 3.75. The quantitative estimate of drug-likeness (QED) is 0.407. The third kappa shape index (κ3) is 4.96. The molecule has 44 heavy (non-hydrogen) atoms. The molecule has 3 aliphatic heterocycles. The summed E-state index contributed by atoms with van der Waals surface area (Å²) in [7, 11) is 0. The van der Waals surface area contributed by atoms with E-state index in [1.165, 1.54) is 45.7 Å². The molecule has 2 aliphatic carbocycles. The van der Waals surface area contributed by atoms with E-state index in [-0.39, 0.29) is 22.9 Å². The van der Waals surface area contributed by atoms with Crippen LogP contribution in [0.25, 0.3) is 11.0 Å². The van der Waals surface area contributed by atoms with E-state index in [9.17, 15) is 9.59 Å². The second kappa shape index (κ2) is 11.1. The summed E-state index contributed by atoms with van der Waals surface area (Å²) in [5.74, 6) is 1.09. The van der Waals surface area contributed by atoms with E-state index in [2.05, 4.69) is 37.1 Å². The number of hydrogen-bond acceptors (Lipinski definition) is 9. The lowest BCUT2D eigenvalue weighted by Gasteiger charge is -2.49. The number of benzene rings is 1. The van der Waals surface area contributed by atoms with E-state index in [1.807, 2.05) is 13.0 Å². The smallest absolute Gasteiger partial charge is 0.263 e. The molecule has 0 bridgehead atoms. The summed E-state index contributed by atoms with van der Waals surface area (Å²) >= 11 is 0. The second-order valence-corrected chi connectivity index (χ2v) is 13.6. The minimum Gasteiger partial charge on any atom is -0.489 e. The molecule has 2 saturated carbocycles. The summed E-state index contributed by atoms with van der Waals surface area (Å²) in [5, 5.41) is 4.11. The molecular formula is C34H43N7O3. The number of carbonyl (C=O) groups excluding carboxylic acids is 1. The third-order valence-electron chi connectivity index (χ3n) is 10.8. The topological polar surface area (TPSA) is 95.8 Å². The van der Waals surface area contributed by atoms with Crippen molar-refractivity contribution in [2.75, 3.05) is 49.5 Å². The van der Waals surface area contributed by atoms with E-state index in [4.69, 9.17) is 9.72 Å². The fraction of sp³-hybridized carbons (Fsp3) is 0.588. The number of piperazine rings is 1. The van der Waals surface area contributed by atoms with Crippen molar-refractivity contribution < 1.29 is 9.53 Å². The van der Waals surface area contributed by atoms with Gasteiger partial charge in [0.1, 0.15) is 18.0 Å². The van der Waals surface area contributed by atoms with Gasteiger partial charge in [-0.3, -0.25) is 19.1 Å². The Morgan fingerprint density at radius 2 is 1.70 bits per heavy atom. The number of likely N-dealkylation sites (tertiary alicyclic amines) is 1. The zero-order valence-electron chi connectivity index (χ0n) is 25.9. The van der Waals surface area contributed by atoms with Crippen LogP contribution in [0.5, 0.6) is 5.75 Å². The Morgan fingerprint density at radius 3 is 2.45 bits per heavy atom. The van der Waals surface area contributed by atoms with Crippen LogP contribution < -0.4 is 20.5 Å². The Bertz CT molecular complexity index is 1650. The zero-order chi connectivity index (χ0) is 29.9. The predicted molar refractivity (Wildman–Crippen MR) is 172 cm³/mol. The van der Waals surface area contributed by atoms with Crippen LogP contribution >= 0.6 is 0 Å². The number of piperidine rings is 1. The molecule has 0 spiro atoms. The highest BCUT2D eigenvalue weighted by Gasteiger charge is 2.38. The van der Waals surface area contributed by atoms with Crippen LogP contribution in [0, 0.1) is 6.92 Å². The lowest BCUT2D eigenvalue weighted by atomic mass is 9.99. The van der Waals surface area contributed by atoms with Gasteiger partial charge in [0.2, 0.25) is 5.95 Å². The normalized spacial score (nSPS) is 23.4. The number of carbonyl (C=O) groups is 1. The van der Waals surface area contributed by atoms with Crippen molar-refractivity contribution in [1.82, 2.24) is 24.3 Å². The summed E-state index contributed by atoms with van der Waals surface area (Å²) in [6, 6.07) is 8.24. The summed E-state index contributed by atoms with van der Waals surface area (Å²) in [5.41, 5.74) is 3.25. The molecule has 1 atom stereocenters. The van der Waals surface area contributed by atoms with Gasteiger partial charge in [0.05, 0.1) is 17.3 Å². The minimum atomic E-state index is -0.236. The van der Waals surface area contributed by atoms with Gasteiger partial charge in [-0.1, -0.05) is 12.8 Å². The SMILES string of the molecule is CC(=O)c1c(C)c2cnc(Nc3ccc4c(c3)OC[C@H]3CN(C5CCN(C6CC6)CC5)CCN43)nc2n(C2CCCC2)c1=O. The number of ketones is 1. The maximum Gasteiger partial charge on any atom is 0.263 e. The highest BCUT2D eigenvalue weighted by Crippen LogP contribution is 2.39. The van der Waals surface area contributed by atoms with Gasteiger partial charge in [-0.05, 0) is 83.2 Å². The summed E-state index contributed by atoms with van der Waals surface area (Å²) in [6.07, 6.45) is 11.1. The number of aryl methyl sites for hydroxylation is 1. The maximum absolute atomic E-state index is 13.6. The molecule has 1 N–H and O–H groups in total. The Labute approximate surface area is 258 Å². The summed E-state index contributed by atoms with van der Waals surface area (Å²) < 4.78 is 8.11. The highest BCUT2D eigenvalue weighted by atomic mass is 16.5. The molecule has 10 nitrogen and oxygen atoms in total. The molecule has 8 rings (SSSR count). The first kappa shape index (κ1) is 28.0. The van der Waals surface area contributed by atoms with E-state index < -0.39 is 0 Å². The van der Waals surface area contributed by atoms with Gasteiger partial charge in [-0.15, -0.1) is 0 Å². The second-order valence-electron chi connectivity index (χ2n) is 13.6. The van der Waals surface area contributed by atoms with Crippen LogP contribution in [0.1, 0.15) is 80.3 Å². The van der Waals surface area contributed by atoms with Crippen molar-refractivity contribution in [1.29, 1.82) is 0 Å². The van der Waals surface area contributed by atoms with Crippen molar-refractivity contribution in [3.8, 4) is 5.75 Å². The van der Waals surface area contributed by atoms with Gasteiger partial charge in [0, 0.05) is 61.1 Å². The van der Waals surface area contributed by atoms with Crippen molar-refractivity contribution in [3.05, 3.63) is 45.9 Å². The van der Waals surface area contributed by atoms with Gasteiger partial charge in [0.15, 0.2) is 5.78 Å². The molecule has 10 heteroatoms. The molecule has 5 aliphatic rings. The molecule has 232 valence electrons. The number of nitrogens with one attached hydrogen (secondary N) is 1. The van der Waals surface area contributed by atoms with Gasteiger partial charge in [-0.25, -0.2) is 4.98 Å². The summed E-state index contributed by atoms with van der Waals surface area (Å²) in [6.45, 7) is 9.67. The third-order valence-corrected chi connectivity index (χ3v) is 10.8. The molecule has 2 saturated heterocycles. The van der Waals surface area contributed by atoms with Crippen LogP contribution in [0.3, 0.4) is 0 Å². The van der Waals surface area contributed by atoms with Gasteiger partial charge < -0.3 is 19.9 Å². The molecule has 0 unspecified atom stereocenters. The Morgan fingerprint density at radius 1 is 0.932 bits per heavy atom. The largest absolute Gasteiger partial charge is 0.489 e. The predicted octanol–water partition coefficient (Wildman–Crippen LogP) is 4.67. The van der Waals surface area contributed by atoms with Crippen LogP contribution in [0.4, 0.5) is 17.3 Å². The number of ether oxygens (including phenoxy) is 1. The van der Waals surface area contributed by atoms with Gasteiger partial charge in [-0.2, -0.15) is 4.98 Å². The van der Waals surface area contributed by atoms with Crippen molar-refractivity contribution in [3.63, 3.8) is 0 Å². The molecule has 4 fully saturated rings. The first-order valence-corrected chi connectivity index (χ1v) is 16.7. The first-order chi connectivity index (χ1) is 21.4. The van der Waals surface area contributed by atoms with Crippen molar-refractivity contribution >= 4 is 34.1 Å². The van der Waals surface area contributed by atoms with Gasteiger partial charge >= 0.3 is 0 Å². The number of hydrogen-bond donors (Lipinski definition) is 1. The minimum absolute atomic E-state index is 0.0487. The number of anilines is 3. The maximum atomic E-state index is 13.6. The standard InChI is InChI=1S/C34H43N7O3/c1-21-28-18-35-34(37-32(28)41(26-5-3-4-6-26)33(43)31(21)22(2)42)36-23-7-10-29-30(17-23)44-20-27-19-39(15-16-40(27)29)25-11-13-38(14-12-25)24-8-9-24/h7,10,17-18,24-27H,3-6,8-9,11-16,19-20H2,1-2H3,(H,35,36,37)/t27-/m1/s1. The van der Waals surface area contributed by atoms with Crippen LogP contribution in [-0.2, 0) is 0 Å². The molecule has 3 aromatic rings. The molecular weight excluding hydrogens is 554 g/mol. The highest BCUT2D eigenvalue weighted by molar-refractivity contribution is 5.99. The molecule has 5 heterocycles. The molecule has 2 aromatic heterocycles.